The van der Waals surface area contributed by atoms with Crippen LogP contribution in [0.25, 0.3) is 0 Å². The maximum atomic E-state index is 13.9. The topological polar surface area (TPSA) is 61.4 Å². The zero-order valence-electron chi connectivity index (χ0n) is 14.4. The molecule has 1 aliphatic rings. The van der Waals surface area contributed by atoms with E-state index in [2.05, 4.69) is 10.6 Å². The molecule has 0 aliphatic carbocycles. The van der Waals surface area contributed by atoms with Crippen molar-refractivity contribution in [2.45, 2.75) is 32.5 Å². The first-order valence-electron chi connectivity index (χ1n) is 8.27. The molecule has 2 aromatic rings. The van der Waals surface area contributed by atoms with Crippen LogP contribution < -0.4 is 10.6 Å². The minimum atomic E-state index is -0.755. The van der Waals surface area contributed by atoms with Crippen molar-refractivity contribution in [2.75, 3.05) is 5.32 Å². The van der Waals surface area contributed by atoms with Crippen molar-refractivity contribution in [2.24, 2.45) is 0 Å². The van der Waals surface area contributed by atoms with Gasteiger partial charge in [-0.15, -0.1) is 0 Å². The molecule has 2 N–H and O–H groups in total. The number of hydrogen-bond donors (Lipinski definition) is 2. The van der Waals surface area contributed by atoms with E-state index in [0.717, 1.165) is 23.4 Å². The highest BCUT2D eigenvalue weighted by Gasteiger charge is 2.31. The van der Waals surface area contributed by atoms with Gasteiger partial charge in [0.15, 0.2) is 0 Å². The lowest BCUT2D eigenvalue weighted by Crippen LogP contribution is -2.51. The van der Waals surface area contributed by atoms with E-state index in [9.17, 15) is 18.4 Å². The van der Waals surface area contributed by atoms with Gasteiger partial charge in [0, 0.05) is 17.3 Å². The molecule has 2 atom stereocenters. The lowest BCUT2D eigenvalue weighted by Gasteiger charge is -2.33. The summed E-state index contributed by atoms with van der Waals surface area (Å²) >= 11 is 0. The molecule has 0 saturated heterocycles. The lowest BCUT2D eigenvalue weighted by atomic mass is 10.1. The lowest BCUT2D eigenvalue weighted by molar-refractivity contribution is -0.125. The number of carbonyl (C=O) groups excluding carboxylic acids is 2. The van der Waals surface area contributed by atoms with Crippen molar-refractivity contribution in [3.63, 3.8) is 0 Å². The van der Waals surface area contributed by atoms with Gasteiger partial charge < -0.3 is 15.5 Å². The van der Waals surface area contributed by atoms with Crippen LogP contribution in [0.1, 0.15) is 31.0 Å². The average molecular weight is 359 g/mol. The molecule has 5 nitrogen and oxygen atoms in total. The summed E-state index contributed by atoms with van der Waals surface area (Å²) < 4.78 is 26.9. The Morgan fingerprint density at radius 2 is 1.92 bits per heavy atom. The van der Waals surface area contributed by atoms with E-state index < -0.39 is 29.6 Å². The van der Waals surface area contributed by atoms with Crippen LogP contribution in [0.3, 0.4) is 0 Å². The van der Waals surface area contributed by atoms with Gasteiger partial charge in [-0.2, -0.15) is 0 Å². The normalized spacial score (nSPS) is 15.7. The molecule has 0 fully saturated rings. The first-order chi connectivity index (χ1) is 12.4. The molecule has 1 heterocycles. The number of halogens is 2. The quantitative estimate of drug-likeness (QED) is 0.877. The van der Waals surface area contributed by atoms with Gasteiger partial charge in [-0.05, 0) is 31.5 Å². The summed E-state index contributed by atoms with van der Waals surface area (Å²) in [6.07, 6.45) is 0. The molecule has 3 rings (SSSR count). The number of hydrogen-bond acceptors (Lipinski definition) is 2. The third kappa shape index (κ3) is 3.51. The van der Waals surface area contributed by atoms with Crippen LogP contribution in [0.4, 0.5) is 19.3 Å². The van der Waals surface area contributed by atoms with Crippen molar-refractivity contribution in [1.29, 1.82) is 0 Å². The zero-order chi connectivity index (χ0) is 18.8. The smallest absolute Gasteiger partial charge is 0.322 e. The number of benzene rings is 2. The first-order valence-corrected chi connectivity index (χ1v) is 8.27. The fourth-order valence-electron chi connectivity index (χ4n) is 2.94. The van der Waals surface area contributed by atoms with Crippen LogP contribution in [-0.4, -0.2) is 22.9 Å². The summed E-state index contributed by atoms with van der Waals surface area (Å²) in [7, 11) is 0. The van der Waals surface area contributed by atoms with Gasteiger partial charge in [-0.25, -0.2) is 13.6 Å². The molecule has 0 spiro atoms. The third-order valence-electron chi connectivity index (χ3n) is 4.50. The highest BCUT2D eigenvalue weighted by atomic mass is 19.1. The van der Waals surface area contributed by atoms with Gasteiger partial charge in [0.1, 0.15) is 17.7 Å². The fraction of sp³-hybridized carbons (Fsp3) is 0.263. The predicted octanol–water partition coefficient (Wildman–Crippen LogP) is 3.58. The molecule has 0 radical (unpaired) electrons. The Hall–Kier alpha value is -2.96. The first kappa shape index (κ1) is 17.8. The van der Waals surface area contributed by atoms with Crippen molar-refractivity contribution in [3.8, 4) is 0 Å². The van der Waals surface area contributed by atoms with E-state index in [1.807, 2.05) is 18.2 Å². The molecule has 1 aliphatic heterocycles. The Morgan fingerprint density at radius 3 is 2.65 bits per heavy atom. The van der Waals surface area contributed by atoms with E-state index >= 15 is 0 Å². The molecule has 0 aromatic heterocycles. The third-order valence-corrected chi connectivity index (χ3v) is 4.50. The molecule has 26 heavy (non-hydrogen) atoms. The zero-order valence-corrected chi connectivity index (χ0v) is 14.4. The maximum Gasteiger partial charge on any atom is 0.322 e. The second kappa shape index (κ2) is 7.11. The molecular formula is C19H19F2N3O2. The molecule has 2 aromatic carbocycles. The van der Waals surface area contributed by atoms with E-state index in [0.29, 0.717) is 6.54 Å². The Morgan fingerprint density at radius 1 is 1.19 bits per heavy atom. The molecule has 7 heteroatoms. The number of anilines is 1. The Balaban J connectivity index is 1.70. The Kier molecular flexibility index (Phi) is 4.88. The number of carbonyl (C=O) groups is 2. The summed E-state index contributed by atoms with van der Waals surface area (Å²) in [5.74, 6) is -1.83. The summed E-state index contributed by atoms with van der Waals surface area (Å²) in [4.78, 5) is 26.2. The number of nitrogens with zero attached hydrogens (tertiary/aromatic N) is 1. The molecular weight excluding hydrogens is 340 g/mol. The number of amides is 3. The summed E-state index contributed by atoms with van der Waals surface area (Å²) in [6.45, 7) is 3.51. The Labute approximate surface area is 150 Å². The molecule has 136 valence electrons. The largest absolute Gasteiger partial charge is 0.348 e. The number of para-hydroxylation sites is 1. The van der Waals surface area contributed by atoms with Gasteiger partial charge in [0.2, 0.25) is 5.91 Å². The monoisotopic (exact) mass is 359 g/mol. The second-order valence-electron chi connectivity index (χ2n) is 6.29. The highest BCUT2D eigenvalue weighted by Crippen LogP contribution is 2.24. The minimum Gasteiger partial charge on any atom is -0.348 e. The summed E-state index contributed by atoms with van der Waals surface area (Å²) in [5.41, 5.74) is 1.81. The van der Waals surface area contributed by atoms with Crippen LogP contribution in [0.15, 0.2) is 42.5 Å². The maximum absolute atomic E-state index is 13.9. The SMILES string of the molecule is CC(C(=O)N[C@@H](C)c1ccc(F)cc1F)N1Cc2ccccc2NC1=O. The molecule has 3 amide bonds. The molecule has 1 unspecified atom stereocenters. The average Bonchev–Trinajstić information content (AvgIpc) is 2.60. The van der Waals surface area contributed by atoms with Crippen LogP contribution in [0.2, 0.25) is 0 Å². The van der Waals surface area contributed by atoms with E-state index in [1.165, 1.54) is 11.0 Å². The highest BCUT2D eigenvalue weighted by molar-refractivity contribution is 5.96. The molecule has 0 saturated carbocycles. The van der Waals surface area contributed by atoms with Crippen LogP contribution in [-0.2, 0) is 11.3 Å². The Bertz CT molecular complexity index is 856. The number of nitrogens with one attached hydrogen (secondary N) is 2. The van der Waals surface area contributed by atoms with E-state index in [4.69, 9.17) is 0 Å². The summed E-state index contributed by atoms with van der Waals surface area (Å²) in [5, 5.41) is 5.43. The van der Waals surface area contributed by atoms with Gasteiger partial charge in [-0.1, -0.05) is 24.3 Å². The van der Waals surface area contributed by atoms with Gasteiger partial charge in [0.25, 0.3) is 0 Å². The number of rotatable bonds is 4. The van der Waals surface area contributed by atoms with Crippen LogP contribution >= 0.6 is 0 Å². The van der Waals surface area contributed by atoms with Crippen molar-refractivity contribution >= 4 is 17.6 Å². The standard InChI is InChI=1S/C19H19F2N3O2/c1-11(15-8-7-14(20)9-16(15)21)22-18(25)12(2)24-10-13-5-3-4-6-17(13)23-19(24)26/h3-9,11-12H,10H2,1-2H3,(H,22,25)(H,23,26)/t11-,12?/m0/s1. The minimum absolute atomic E-state index is 0.181. The van der Waals surface area contributed by atoms with E-state index in [-0.39, 0.29) is 11.6 Å². The van der Waals surface area contributed by atoms with Crippen molar-refractivity contribution in [3.05, 3.63) is 65.2 Å². The van der Waals surface area contributed by atoms with Crippen molar-refractivity contribution < 1.29 is 18.4 Å². The van der Waals surface area contributed by atoms with Gasteiger partial charge >= 0.3 is 6.03 Å². The van der Waals surface area contributed by atoms with Gasteiger partial charge in [0.05, 0.1) is 12.6 Å². The molecule has 0 bridgehead atoms. The predicted molar refractivity (Wildman–Crippen MR) is 93.4 cm³/mol. The van der Waals surface area contributed by atoms with Crippen LogP contribution in [0.5, 0.6) is 0 Å². The number of fused-ring (bicyclic) bond motifs is 1. The summed E-state index contributed by atoms with van der Waals surface area (Å²) in [6, 6.07) is 8.78. The fourth-order valence-corrected chi connectivity index (χ4v) is 2.94. The second-order valence-corrected chi connectivity index (χ2v) is 6.29. The number of urea groups is 1. The van der Waals surface area contributed by atoms with Gasteiger partial charge in [-0.3, -0.25) is 4.79 Å². The van der Waals surface area contributed by atoms with Crippen LogP contribution in [0, 0.1) is 11.6 Å². The van der Waals surface area contributed by atoms with E-state index in [1.54, 1.807) is 19.9 Å². The van der Waals surface area contributed by atoms with Crippen molar-refractivity contribution in [1.82, 2.24) is 10.2 Å².